The molecule has 3 heterocycles. The van der Waals surface area contributed by atoms with Gasteiger partial charge in [-0.25, -0.2) is 13.5 Å². The highest BCUT2D eigenvalue weighted by Gasteiger charge is 2.39. The molecule has 1 fully saturated rings. The molecule has 2 aromatic heterocycles. The summed E-state index contributed by atoms with van der Waals surface area (Å²) in [6.07, 6.45) is 3.19. The van der Waals surface area contributed by atoms with E-state index in [1.54, 1.807) is 40.2 Å². The van der Waals surface area contributed by atoms with E-state index in [1.807, 2.05) is 12.1 Å². The van der Waals surface area contributed by atoms with Crippen molar-refractivity contribution >= 4 is 28.3 Å². The van der Waals surface area contributed by atoms with Crippen molar-refractivity contribution in [1.29, 1.82) is 0 Å². The van der Waals surface area contributed by atoms with Crippen molar-refractivity contribution in [2.24, 2.45) is 0 Å². The highest BCUT2D eigenvalue weighted by atomic mass is 35.5. The zero-order chi connectivity index (χ0) is 16.0. The number of hydrogen-bond acceptors (Lipinski definition) is 3. The average molecular weight is 335 g/mol. The minimum absolute atomic E-state index is 0.145. The van der Waals surface area contributed by atoms with Gasteiger partial charge in [-0.3, -0.25) is 4.98 Å². The third kappa shape index (κ3) is 2.53. The van der Waals surface area contributed by atoms with Crippen LogP contribution in [0, 0.1) is 0 Å². The maximum Gasteiger partial charge on any atom is 0.266 e. The van der Waals surface area contributed by atoms with Crippen LogP contribution in [-0.4, -0.2) is 33.8 Å². The van der Waals surface area contributed by atoms with Gasteiger partial charge in [-0.1, -0.05) is 11.6 Å². The second-order valence-electron chi connectivity index (χ2n) is 5.63. The molecule has 0 spiro atoms. The number of hydrogen-bond donors (Lipinski definition) is 0. The molecule has 4 rings (SSSR count). The normalized spacial score (nSPS) is 17.1. The molecule has 0 bridgehead atoms. The number of alkyl halides is 2. The van der Waals surface area contributed by atoms with E-state index >= 15 is 0 Å². The number of rotatable bonds is 2. The Morgan fingerprint density at radius 2 is 1.91 bits per heavy atom. The number of anilines is 1. The first kappa shape index (κ1) is 14.4. The van der Waals surface area contributed by atoms with Crippen LogP contribution >= 0.6 is 11.6 Å². The van der Waals surface area contributed by atoms with Crippen LogP contribution in [0.5, 0.6) is 0 Å². The van der Waals surface area contributed by atoms with E-state index in [4.69, 9.17) is 11.6 Å². The molecule has 0 atom stereocenters. The maximum absolute atomic E-state index is 13.6. The molecule has 0 N–H and O–H groups in total. The van der Waals surface area contributed by atoms with E-state index in [0.29, 0.717) is 17.4 Å². The number of aromatic nitrogens is 3. The summed E-state index contributed by atoms with van der Waals surface area (Å²) in [5.41, 5.74) is 1.59. The quantitative estimate of drug-likeness (QED) is 0.712. The minimum Gasteiger partial charge on any atom is -0.348 e. The molecular formula is C16H13ClF2N4. The molecule has 1 aliphatic rings. The highest BCUT2D eigenvalue weighted by molar-refractivity contribution is 6.30. The lowest BCUT2D eigenvalue weighted by Gasteiger charge is -2.15. The van der Waals surface area contributed by atoms with Gasteiger partial charge in [0.1, 0.15) is 0 Å². The van der Waals surface area contributed by atoms with Crippen molar-refractivity contribution in [2.45, 2.75) is 12.3 Å². The number of halogens is 3. The molecule has 23 heavy (non-hydrogen) atoms. The SMILES string of the molecule is FC1(F)CCN(c2nn(-c3ccc(Cl)cc3)c3cnccc23)C1. The molecule has 0 aliphatic carbocycles. The van der Waals surface area contributed by atoms with Gasteiger partial charge >= 0.3 is 0 Å². The molecule has 0 radical (unpaired) electrons. The molecule has 3 aromatic rings. The number of benzene rings is 1. The molecule has 1 saturated heterocycles. The minimum atomic E-state index is -2.66. The molecule has 7 heteroatoms. The van der Waals surface area contributed by atoms with Gasteiger partial charge in [0.05, 0.1) is 23.9 Å². The van der Waals surface area contributed by atoms with Crippen molar-refractivity contribution in [2.75, 3.05) is 18.0 Å². The van der Waals surface area contributed by atoms with Gasteiger partial charge in [-0.05, 0) is 30.3 Å². The van der Waals surface area contributed by atoms with Gasteiger partial charge < -0.3 is 4.90 Å². The second-order valence-corrected chi connectivity index (χ2v) is 6.07. The number of pyridine rings is 1. The summed E-state index contributed by atoms with van der Waals surface area (Å²) in [4.78, 5) is 5.77. The zero-order valence-electron chi connectivity index (χ0n) is 12.1. The lowest BCUT2D eigenvalue weighted by atomic mass is 10.3. The van der Waals surface area contributed by atoms with Crippen molar-refractivity contribution in [3.8, 4) is 5.69 Å². The third-order valence-corrected chi connectivity index (χ3v) is 4.26. The first-order valence-corrected chi connectivity index (χ1v) is 7.63. The van der Waals surface area contributed by atoms with Crippen LogP contribution in [0.1, 0.15) is 6.42 Å². The van der Waals surface area contributed by atoms with Crippen LogP contribution in [-0.2, 0) is 0 Å². The number of fused-ring (bicyclic) bond motifs is 1. The summed E-state index contributed by atoms with van der Waals surface area (Å²) >= 11 is 5.92. The fraction of sp³-hybridized carbons (Fsp3) is 0.250. The Kier molecular flexibility index (Phi) is 3.23. The Bertz CT molecular complexity index is 860. The van der Waals surface area contributed by atoms with Crippen molar-refractivity contribution in [1.82, 2.24) is 14.8 Å². The van der Waals surface area contributed by atoms with Gasteiger partial charge in [0.25, 0.3) is 5.92 Å². The lowest BCUT2D eigenvalue weighted by molar-refractivity contribution is 0.0257. The van der Waals surface area contributed by atoms with Crippen LogP contribution in [0.15, 0.2) is 42.7 Å². The first-order chi connectivity index (χ1) is 11.0. The fourth-order valence-corrected chi connectivity index (χ4v) is 3.00. The van der Waals surface area contributed by atoms with Crippen LogP contribution < -0.4 is 4.90 Å². The van der Waals surface area contributed by atoms with Gasteiger partial charge in [-0.15, -0.1) is 5.10 Å². The number of nitrogens with zero attached hydrogens (tertiary/aromatic N) is 4. The van der Waals surface area contributed by atoms with E-state index in [9.17, 15) is 8.78 Å². The summed E-state index contributed by atoms with van der Waals surface area (Å²) < 4.78 is 28.8. The highest BCUT2D eigenvalue weighted by Crippen LogP contribution is 2.34. The second kappa shape index (κ2) is 5.16. The van der Waals surface area contributed by atoms with Crippen molar-refractivity contribution in [3.05, 3.63) is 47.7 Å². The monoisotopic (exact) mass is 334 g/mol. The topological polar surface area (TPSA) is 34.0 Å². The molecule has 1 aromatic carbocycles. The third-order valence-electron chi connectivity index (χ3n) is 4.00. The summed E-state index contributed by atoms with van der Waals surface area (Å²) in [6, 6.07) is 9.02. The fourth-order valence-electron chi connectivity index (χ4n) is 2.88. The summed E-state index contributed by atoms with van der Waals surface area (Å²) in [5.74, 6) is -2.10. The Hall–Kier alpha value is -2.21. The van der Waals surface area contributed by atoms with E-state index in [0.717, 1.165) is 16.6 Å². The van der Waals surface area contributed by atoms with Gasteiger partial charge in [0.15, 0.2) is 5.82 Å². The van der Waals surface area contributed by atoms with Crippen LogP contribution in [0.4, 0.5) is 14.6 Å². The molecule has 0 unspecified atom stereocenters. The average Bonchev–Trinajstić information content (AvgIpc) is 3.08. The maximum atomic E-state index is 13.6. The predicted molar refractivity (Wildman–Crippen MR) is 85.7 cm³/mol. The molecular weight excluding hydrogens is 322 g/mol. The van der Waals surface area contributed by atoms with Gasteiger partial charge in [0, 0.05) is 29.6 Å². The van der Waals surface area contributed by atoms with E-state index < -0.39 is 5.92 Å². The van der Waals surface area contributed by atoms with Crippen molar-refractivity contribution < 1.29 is 8.78 Å². The standard InChI is InChI=1S/C16H13ClF2N4/c17-11-1-3-12(4-2-11)23-14-9-20-7-5-13(14)15(21-23)22-8-6-16(18,19)10-22/h1-5,7,9H,6,8,10H2. The lowest BCUT2D eigenvalue weighted by Crippen LogP contribution is -2.25. The van der Waals surface area contributed by atoms with Crippen LogP contribution in [0.3, 0.4) is 0 Å². The predicted octanol–water partition coefficient (Wildman–Crippen LogP) is 3.92. The Morgan fingerprint density at radius 3 is 2.61 bits per heavy atom. The molecule has 0 amide bonds. The van der Waals surface area contributed by atoms with Gasteiger partial charge in [-0.2, -0.15) is 0 Å². The summed E-state index contributed by atoms with van der Waals surface area (Å²) in [6.45, 7) is -0.00981. The molecule has 118 valence electrons. The van der Waals surface area contributed by atoms with E-state index in [1.165, 1.54) is 0 Å². The van der Waals surface area contributed by atoms with E-state index in [-0.39, 0.29) is 13.0 Å². The van der Waals surface area contributed by atoms with Crippen LogP contribution in [0.25, 0.3) is 16.6 Å². The summed E-state index contributed by atoms with van der Waals surface area (Å²) in [5, 5.41) is 6.00. The Morgan fingerprint density at radius 1 is 1.13 bits per heavy atom. The first-order valence-electron chi connectivity index (χ1n) is 7.25. The van der Waals surface area contributed by atoms with Gasteiger partial charge in [0.2, 0.25) is 0 Å². The molecule has 1 aliphatic heterocycles. The summed E-state index contributed by atoms with van der Waals surface area (Å²) in [7, 11) is 0. The molecule has 0 saturated carbocycles. The Labute approximate surface area is 136 Å². The Balaban J connectivity index is 1.85. The smallest absolute Gasteiger partial charge is 0.266 e. The largest absolute Gasteiger partial charge is 0.348 e. The zero-order valence-corrected chi connectivity index (χ0v) is 12.8. The van der Waals surface area contributed by atoms with E-state index in [2.05, 4.69) is 10.1 Å². The van der Waals surface area contributed by atoms with Crippen molar-refractivity contribution in [3.63, 3.8) is 0 Å². The van der Waals surface area contributed by atoms with Crippen LogP contribution in [0.2, 0.25) is 5.02 Å². The molecule has 4 nitrogen and oxygen atoms in total.